The number of halogens is 3. The van der Waals surface area contributed by atoms with E-state index >= 15 is 0 Å². The van der Waals surface area contributed by atoms with Crippen molar-refractivity contribution in [3.63, 3.8) is 0 Å². The van der Waals surface area contributed by atoms with E-state index in [2.05, 4.69) is 4.98 Å². The molecule has 2 rings (SSSR count). The van der Waals surface area contributed by atoms with Crippen LogP contribution >= 0.6 is 0 Å². The summed E-state index contributed by atoms with van der Waals surface area (Å²) in [5.41, 5.74) is 0.645. The molecule has 0 aliphatic rings. The number of aromatic nitrogens is 1. The first-order valence-electron chi connectivity index (χ1n) is 4.41. The summed E-state index contributed by atoms with van der Waals surface area (Å²) in [4.78, 5) is 3.92. The van der Waals surface area contributed by atoms with Crippen molar-refractivity contribution in [2.45, 2.75) is 13.1 Å². The van der Waals surface area contributed by atoms with Crippen LogP contribution in [-0.4, -0.2) is 4.98 Å². The lowest BCUT2D eigenvalue weighted by molar-refractivity contribution is -0.136. The second kappa shape index (κ2) is 3.22. The monoisotopic (exact) mass is 211 g/mol. The van der Waals surface area contributed by atoms with Crippen molar-refractivity contribution in [2.75, 3.05) is 0 Å². The summed E-state index contributed by atoms with van der Waals surface area (Å²) >= 11 is 0. The molecular weight excluding hydrogens is 203 g/mol. The number of alkyl halides is 3. The number of fused-ring (bicyclic) bond motifs is 1. The molecule has 4 heteroatoms. The maximum Gasteiger partial charge on any atom is 0.417 e. The predicted molar refractivity (Wildman–Crippen MR) is 51.5 cm³/mol. The Morgan fingerprint density at radius 2 is 1.87 bits per heavy atom. The third-order valence-electron chi connectivity index (χ3n) is 2.20. The molecule has 2 aromatic rings. The first-order valence-corrected chi connectivity index (χ1v) is 4.41. The summed E-state index contributed by atoms with van der Waals surface area (Å²) < 4.78 is 37.8. The van der Waals surface area contributed by atoms with E-state index in [9.17, 15) is 13.2 Å². The second-order valence-electron chi connectivity index (χ2n) is 3.38. The summed E-state index contributed by atoms with van der Waals surface area (Å²) in [5.74, 6) is 0. The Balaban J connectivity index is 2.77. The van der Waals surface area contributed by atoms with Crippen LogP contribution in [0.1, 0.15) is 11.1 Å². The van der Waals surface area contributed by atoms with Crippen LogP contribution in [0.25, 0.3) is 10.9 Å². The Kier molecular flexibility index (Phi) is 2.14. The van der Waals surface area contributed by atoms with Gasteiger partial charge in [-0.2, -0.15) is 13.2 Å². The molecule has 1 aromatic carbocycles. The largest absolute Gasteiger partial charge is 0.417 e. The molecule has 1 aromatic heterocycles. The van der Waals surface area contributed by atoms with Gasteiger partial charge in [0.25, 0.3) is 0 Å². The zero-order chi connectivity index (χ0) is 11.1. The van der Waals surface area contributed by atoms with E-state index in [0.29, 0.717) is 5.52 Å². The molecule has 0 saturated carbocycles. The van der Waals surface area contributed by atoms with Crippen molar-refractivity contribution < 1.29 is 13.2 Å². The van der Waals surface area contributed by atoms with E-state index in [-0.39, 0.29) is 5.39 Å². The van der Waals surface area contributed by atoms with E-state index in [0.717, 1.165) is 11.6 Å². The molecule has 78 valence electrons. The van der Waals surface area contributed by atoms with Crippen molar-refractivity contribution in [2.24, 2.45) is 0 Å². The number of aryl methyl sites for hydroxylation is 1. The van der Waals surface area contributed by atoms with Crippen molar-refractivity contribution in [3.05, 3.63) is 41.6 Å². The van der Waals surface area contributed by atoms with E-state index < -0.39 is 11.7 Å². The van der Waals surface area contributed by atoms with Crippen LogP contribution in [0.2, 0.25) is 0 Å². The fraction of sp³-hybridized carbons (Fsp3) is 0.182. The highest BCUT2D eigenvalue weighted by Crippen LogP contribution is 2.33. The normalized spacial score (nSPS) is 12.0. The number of benzene rings is 1. The Morgan fingerprint density at radius 3 is 2.53 bits per heavy atom. The minimum absolute atomic E-state index is 0.149. The van der Waals surface area contributed by atoms with Gasteiger partial charge in [-0.25, -0.2) is 0 Å². The van der Waals surface area contributed by atoms with E-state index in [1.807, 2.05) is 6.92 Å². The number of nitrogens with zero attached hydrogens (tertiary/aromatic N) is 1. The van der Waals surface area contributed by atoms with Gasteiger partial charge in [0.2, 0.25) is 0 Å². The molecule has 15 heavy (non-hydrogen) atoms. The first kappa shape index (κ1) is 9.96. The molecule has 0 unspecified atom stereocenters. The minimum Gasteiger partial charge on any atom is -0.256 e. The van der Waals surface area contributed by atoms with Crippen molar-refractivity contribution in [3.8, 4) is 0 Å². The van der Waals surface area contributed by atoms with Crippen LogP contribution in [0, 0.1) is 6.92 Å². The smallest absolute Gasteiger partial charge is 0.256 e. The summed E-state index contributed by atoms with van der Waals surface area (Å²) in [5, 5.41) is 0.149. The minimum atomic E-state index is -4.32. The maximum absolute atomic E-state index is 12.6. The fourth-order valence-electron chi connectivity index (χ4n) is 1.51. The van der Waals surface area contributed by atoms with Crippen LogP contribution in [0.5, 0.6) is 0 Å². The lowest BCUT2D eigenvalue weighted by Crippen LogP contribution is -2.06. The summed E-state index contributed by atoms with van der Waals surface area (Å²) in [6.45, 7) is 1.82. The van der Waals surface area contributed by atoms with Crippen LogP contribution in [-0.2, 0) is 6.18 Å². The summed E-state index contributed by atoms with van der Waals surface area (Å²) in [6, 6.07) is 5.75. The van der Waals surface area contributed by atoms with E-state index in [1.54, 1.807) is 12.1 Å². The van der Waals surface area contributed by atoms with Crippen molar-refractivity contribution in [1.29, 1.82) is 0 Å². The summed E-state index contributed by atoms with van der Waals surface area (Å²) in [7, 11) is 0. The molecule has 0 atom stereocenters. The van der Waals surface area contributed by atoms with Gasteiger partial charge in [-0.05, 0) is 24.6 Å². The molecule has 0 spiro atoms. The number of pyridine rings is 1. The van der Waals surface area contributed by atoms with Gasteiger partial charge >= 0.3 is 6.18 Å². The van der Waals surface area contributed by atoms with E-state index in [1.165, 1.54) is 12.3 Å². The molecule has 0 amide bonds. The molecule has 0 radical (unpaired) electrons. The molecule has 0 aliphatic heterocycles. The highest BCUT2D eigenvalue weighted by Gasteiger charge is 2.32. The number of hydrogen-bond acceptors (Lipinski definition) is 1. The lowest BCUT2D eigenvalue weighted by atomic mass is 10.1. The van der Waals surface area contributed by atoms with Gasteiger partial charge < -0.3 is 0 Å². The molecule has 0 N–H and O–H groups in total. The third kappa shape index (κ3) is 1.79. The maximum atomic E-state index is 12.6. The van der Waals surface area contributed by atoms with Crippen molar-refractivity contribution in [1.82, 2.24) is 4.98 Å². The fourth-order valence-corrected chi connectivity index (χ4v) is 1.51. The molecular formula is C11H8F3N. The average Bonchev–Trinajstić information content (AvgIpc) is 2.15. The highest BCUT2D eigenvalue weighted by molar-refractivity contribution is 5.83. The second-order valence-corrected chi connectivity index (χ2v) is 3.38. The molecule has 0 fully saturated rings. The zero-order valence-corrected chi connectivity index (χ0v) is 7.97. The van der Waals surface area contributed by atoms with Gasteiger partial charge in [0.15, 0.2) is 0 Å². The zero-order valence-electron chi connectivity index (χ0n) is 7.97. The van der Waals surface area contributed by atoms with Crippen LogP contribution < -0.4 is 0 Å². The van der Waals surface area contributed by atoms with Crippen LogP contribution in [0.4, 0.5) is 13.2 Å². The van der Waals surface area contributed by atoms with Gasteiger partial charge in [-0.15, -0.1) is 0 Å². The topological polar surface area (TPSA) is 12.9 Å². The molecule has 0 bridgehead atoms. The standard InChI is InChI=1S/C11H8F3N/c1-7-2-3-8-9(11(12,13)14)4-5-15-10(8)6-7/h2-6H,1H3. The molecule has 1 nitrogen and oxygen atoms in total. The van der Waals surface area contributed by atoms with Gasteiger partial charge in [0.05, 0.1) is 11.1 Å². The van der Waals surface area contributed by atoms with Crippen molar-refractivity contribution >= 4 is 10.9 Å². The summed E-state index contributed by atoms with van der Waals surface area (Å²) in [6.07, 6.45) is -3.14. The Labute approximate surface area is 84.6 Å². The Morgan fingerprint density at radius 1 is 1.13 bits per heavy atom. The Bertz CT molecular complexity index is 503. The predicted octanol–water partition coefficient (Wildman–Crippen LogP) is 3.56. The average molecular weight is 211 g/mol. The lowest BCUT2D eigenvalue weighted by Gasteiger charge is -2.09. The first-order chi connectivity index (χ1) is 6.98. The highest BCUT2D eigenvalue weighted by atomic mass is 19.4. The number of rotatable bonds is 0. The Hall–Kier alpha value is -1.58. The van der Waals surface area contributed by atoms with Crippen LogP contribution in [0.3, 0.4) is 0 Å². The molecule has 0 aliphatic carbocycles. The SMILES string of the molecule is Cc1ccc2c(C(F)(F)F)ccnc2c1. The van der Waals surface area contributed by atoms with E-state index in [4.69, 9.17) is 0 Å². The van der Waals surface area contributed by atoms with Crippen LogP contribution in [0.15, 0.2) is 30.5 Å². The third-order valence-corrected chi connectivity index (χ3v) is 2.20. The van der Waals surface area contributed by atoms with Gasteiger partial charge in [-0.1, -0.05) is 12.1 Å². The number of hydrogen-bond donors (Lipinski definition) is 0. The molecule has 1 heterocycles. The molecule has 0 saturated heterocycles. The quantitative estimate of drug-likeness (QED) is 0.649. The van der Waals surface area contributed by atoms with Gasteiger partial charge in [-0.3, -0.25) is 4.98 Å². The van der Waals surface area contributed by atoms with Gasteiger partial charge in [0.1, 0.15) is 0 Å². The van der Waals surface area contributed by atoms with Gasteiger partial charge in [0, 0.05) is 11.6 Å².